The Morgan fingerprint density at radius 2 is 1.79 bits per heavy atom. The average molecular weight is 458 g/mol. The molecule has 3 aromatic carbocycles. The highest BCUT2D eigenvalue weighted by Crippen LogP contribution is 2.23. The first-order chi connectivity index (χ1) is 16.4. The molecular formula is C25H18N2O7. The number of non-ortho nitro benzene ring substituents is 1. The monoisotopic (exact) mass is 458 g/mol. The molecule has 0 radical (unpaired) electrons. The summed E-state index contributed by atoms with van der Waals surface area (Å²) < 4.78 is 10.4. The highest BCUT2D eigenvalue weighted by molar-refractivity contribution is 6.06. The van der Waals surface area contributed by atoms with Crippen LogP contribution in [0.1, 0.15) is 31.8 Å². The van der Waals surface area contributed by atoms with Crippen molar-refractivity contribution in [3.05, 3.63) is 105 Å². The van der Waals surface area contributed by atoms with Crippen LogP contribution in [-0.4, -0.2) is 29.2 Å². The maximum absolute atomic E-state index is 12.3. The molecule has 9 nitrogen and oxygen atoms in total. The van der Waals surface area contributed by atoms with Crippen molar-refractivity contribution in [2.24, 2.45) is 0 Å². The fraction of sp³-hybridized carbons (Fsp3) is 0.0800. The minimum atomic E-state index is -0.489. The molecule has 0 fully saturated rings. The van der Waals surface area contributed by atoms with Gasteiger partial charge in [0.25, 0.3) is 11.6 Å². The van der Waals surface area contributed by atoms with E-state index >= 15 is 0 Å². The van der Waals surface area contributed by atoms with Crippen LogP contribution in [0.3, 0.4) is 0 Å². The molecule has 0 bridgehead atoms. The number of rotatable bonds is 8. The van der Waals surface area contributed by atoms with Crippen molar-refractivity contribution in [3.8, 4) is 5.75 Å². The maximum Gasteiger partial charge on any atom is 0.338 e. The van der Waals surface area contributed by atoms with Crippen LogP contribution in [0.4, 0.5) is 11.4 Å². The first-order valence-electron chi connectivity index (χ1n) is 10.2. The number of hydrogen-bond acceptors (Lipinski definition) is 7. The zero-order chi connectivity index (χ0) is 24.1. The number of esters is 1. The molecule has 9 heteroatoms. The second-order valence-electron chi connectivity index (χ2n) is 7.36. The van der Waals surface area contributed by atoms with Gasteiger partial charge >= 0.3 is 5.97 Å². The average Bonchev–Trinajstić information content (AvgIpc) is 3.21. The van der Waals surface area contributed by atoms with Gasteiger partial charge in [0.05, 0.1) is 10.5 Å². The SMILES string of the molecule is O=C(COc1ccc(C(=O)/C=C/c2ccc([N+](=O)[O-])cc2)cc1)Nc1ccc2c(c1)COC2=O. The number of carbonyl (C=O) groups excluding carboxylic acids is 3. The summed E-state index contributed by atoms with van der Waals surface area (Å²) in [6.45, 7) is -0.0532. The van der Waals surface area contributed by atoms with Gasteiger partial charge < -0.3 is 14.8 Å². The van der Waals surface area contributed by atoms with Crippen molar-refractivity contribution in [3.63, 3.8) is 0 Å². The number of fused-ring (bicyclic) bond motifs is 1. The molecule has 1 aliphatic heterocycles. The smallest absolute Gasteiger partial charge is 0.338 e. The number of benzene rings is 3. The zero-order valence-electron chi connectivity index (χ0n) is 17.7. The van der Waals surface area contributed by atoms with E-state index in [0.717, 1.165) is 0 Å². The van der Waals surface area contributed by atoms with Gasteiger partial charge in [-0.3, -0.25) is 19.7 Å². The van der Waals surface area contributed by atoms with Gasteiger partial charge in [-0.25, -0.2) is 4.79 Å². The molecule has 0 saturated heterocycles. The molecule has 0 spiro atoms. The van der Waals surface area contributed by atoms with Crippen molar-refractivity contribution >= 4 is 35.1 Å². The van der Waals surface area contributed by atoms with E-state index in [2.05, 4.69) is 5.32 Å². The number of nitrogens with one attached hydrogen (secondary N) is 1. The van der Waals surface area contributed by atoms with Gasteiger partial charge in [0.2, 0.25) is 0 Å². The number of hydrogen-bond donors (Lipinski definition) is 1. The van der Waals surface area contributed by atoms with Gasteiger partial charge in [-0.1, -0.05) is 6.08 Å². The number of ether oxygens (including phenoxy) is 2. The standard InChI is InChI=1S/C25H18N2O7/c28-23(12-3-16-1-7-20(8-2-16)27(31)32)17-4-9-21(10-5-17)33-15-24(29)26-19-6-11-22-18(13-19)14-34-25(22)30/h1-13H,14-15H2,(H,26,29)/b12-3+. The topological polar surface area (TPSA) is 125 Å². The van der Waals surface area contributed by atoms with E-state index in [1.165, 1.54) is 18.2 Å². The molecular weight excluding hydrogens is 440 g/mol. The molecule has 170 valence electrons. The number of anilines is 1. The van der Waals surface area contributed by atoms with E-state index < -0.39 is 4.92 Å². The Morgan fingerprint density at radius 3 is 2.50 bits per heavy atom. The number of allylic oxidation sites excluding steroid dienone is 1. The highest BCUT2D eigenvalue weighted by atomic mass is 16.6. The molecule has 1 N–H and O–H groups in total. The van der Waals surface area contributed by atoms with Gasteiger partial charge in [0.15, 0.2) is 12.4 Å². The van der Waals surface area contributed by atoms with E-state index in [1.54, 1.807) is 60.7 Å². The largest absolute Gasteiger partial charge is 0.484 e. The molecule has 3 aromatic rings. The number of cyclic esters (lactones) is 1. The first kappa shape index (κ1) is 22.4. The second kappa shape index (κ2) is 9.78. The number of nitrogens with zero attached hydrogens (tertiary/aromatic N) is 1. The van der Waals surface area contributed by atoms with Gasteiger partial charge in [-0.05, 0) is 66.2 Å². The minimum absolute atomic E-state index is 0.0221. The van der Waals surface area contributed by atoms with Crippen molar-refractivity contribution in [2.45, 2.75) is 6.61 Å². The van der Waals surface area contributed by atoms with Crippen LogP contribution in [0.25, 0.3) is 6.08 Å². The predicted octanol–water partition coefficient (Wildman–Crippen LogP) is 4.18. The summed E-state index contributed by atoms with van der Waals surface area (Å²) in [7, 11) is 0. The van der Waals surface area contributed by atoms with Crippen LogP contribution in [0.5, 0.6) is 5.75 Å². The van der Waals surface area contributed by atoms with E-state index in [9.17, 15) is 24.5 Å². The van der Waals surface area contributed by atoms with Crippen molar-refractivity contribution in [1.29, 1.82) is 0 Å². The summed E-state index contributed by atoms with van der Waals surface area (Å²) in [5.74, 6) is -0.586. The lowest BCUT2D eigenvalue weighted by Gasteiger charge is -2.08. The quantitative estimate of drug-likeness (QED) is 0.176. The third-order valence-corrected chi connectivity index (χ3v) is 5.01. The molecule has 1 aliphatic rings. The molecule has 0 aromatic heterocycles. The summed E-state index contributed by atoms with van der Waals surface area (Å²) in [5.41, 5.74) is 2.80. The lowest BCUT2D eigenvalue weighted by atomic mass is 10.1. The number of amides is 1. The second-order valence-corrected chi connectivity index (χ2v) is 7.36. The number of nitro groups is 1. The van der Waals surface area contributed by atoms with Crippen LogP contribution in [0.15, 0.2) is 72.8 Å². The van der Waals surface area contributed by atoms with Crippen molar-refractivity contribution in [2.75, 3.05) is 11.9 Å². The minimum Gasteiger partial charge on any atom is -0.484 e. The molecule has 0 aliphatic carbocycles. The van der Waals surface area contributed by atoms with Crippen molar-refractivity contribution in [1.82, 2.24) is 0 Å². The molecule has 0 unspecified atom stereocenters. The van der Waals surface area contributed by atoms with Gasteiger partial charge in [-0.15, -0.1) is 0 Å². The van der Waals surface area contributed by atoms with Crippen molar-refractivity contribution < 1.29 is 28.8 Å². The summed E-state index contributed by atoms with van der Waals surface area (Å²) in [4.78, 5) is 46.2. The summed E-state index contributed by atoms with van der Waals surface area (Å²) in [5, 5.41) is 13.4. The number of nitro benzene ring substituents is 1. The third-order valence-electron chi connectivity index (χ3n) is 5.01. The van der Waals surface area contributed by atoms with Gasteiger partial charge in [-0.2, -0.15) is 0 Å². The Morgan fingerprint density at radius 1 is 1.06 bits per heavy atom. The first-order valence-corrected chi connectivity index (χ1v) is 10.2. The molecule has 1 heterocycles. The molecule has 1 amide bonds. The lowest BCUT2D eigenvalue weighted by molar-refractivity contribution is -0.384. The Balaban J connectivity index is 1.28. The number of carbonyl (C=O) groups is 3. The predicted molar refractivity (Wildman–Crippen MR) is 123 cm³/mol. The number of ketones is 1. The fourth-order valence-corrected chi connectivity index (χ4v) is 3.25. The molecule has 0 atom stereocenters. The molecule has 4 rings (SSSR count). The van der Waals surface area contributed by atoms with Crippen LogP contribution >= 0.6 is 0 Å². The molecule has 0 saturated carbocycles. The third kappa shape index (κ3) is 5.33. The Hall–Kier alpha value is -4.79. The van der Waals surface area contributed by atoms with E-state index in [4.69, 9.17) is 9.47 Å². The van der Waals surface area contributed by atoms with E-state index in [-0.39, 0.29) is 36.6 Å². The van der Waals surface area contributed by atoms with Gasteiger partial charge in [0, 0.05) is 28.9 Å². The maximum atomic E-state index is 12.3. The summed E-state index contributed by atoms with van der Waals surface area (Å²) in [6, 6.07) is 17.1. The Kier molecular flexibility index (Phi) is 6.45. The van der Waals surface area contributed by atoms with E-state index in [0.29, 0.717) is 33.7 Å². The van der Waals surface area contributed by atoms with Crippen LogP contribution < -0.4 is 10.1 Å². The fourth-order valence-electron chi connectivity index (χ4n) is 3.25. The van der Waals surface area contributed by atoms with Crippen LogP contribution in [0.2, 0.25) is 0 Å². The molecule has 34 heavy (non-hydrogen) atoms. The normalized spacial score (nSPS) is 12.2. The van der Waals surface area contributed by atoms with E-state index in [1.807, 2.05) is 0 Å². The summed E-state index contributed by atoms with van der Waals surface area (Å²) in [6.07, 6.45) is 2.95. The van der Waals surface area contributed by atoms with Crippen LogP contribution in [-0.2, 0) is 16.1 Å². The highest BCUT2D eigenvalue weighted by Gasteiger charge is 2.21. The summed E-state index contributed by atoms with van der Waals surface area (Å²) >= 11 is 0. The van der Waals surface area contributed by atoms with Crippen LogP contribution in [0, 0.1) is 10.1 Å². The lowest BCUT2D eigenvalue weighted by Crippen LogP contribution is -2.20. The van der Waals surface area contributed by atoms with Gasteiger partial charge in [0.1, 0.15) is 12.4 Å². The Labute approximate surface area is 193 Å². The zero-order valence-corrected chi connectivity index (χ0v) is 17.7. The Bertz CT molecular complexity index is 1300.